The van der Waals surface area contributed by atoms with Gasteiger partial charge in [0.25, 0.3) is 0 Å². The Hall–Kier alpha value is -1.77. The van der Waals surface area contributed by atoms with Crippen LogP contribution in [0.3, 0.4) is 0 Å². The molecule has 2 aromatic heterocycles. The van der Waals surface area contributed by atoms with Gasteiger partial charge in [0, 0.05) is 31.6 Å². The number of ether oxygens (including phenoxy) is 1. The van der Waals surface area contributed by atoms with Crippen LogP contribution < -0.4 is 0 Å². The average molecular weight is 336 g/mol. The SMILES string of the molecule is Cn1cnc2c1C[C@H](COCc1ccncc1)N(S(C)(=O)=O)C2. The molecular formula is C15H20N4O3S. The number of hydrogen-bond donors (Lipinski definition) is 0. The van der Waals surface area contributed by atoms with Crippen LogP contribution in [0.2, 0.25) is 0 Å². The number of rotatable bonds is 5. The molecule has 0 unspecified atom stereocenters. The van der Waals surface area contributed by atoms with E-state index in [9.17, 15) is 8.42 Å². The van der Waals surface area contributed by atoms with Crippen molar-refractivity contribution in [3.63, 3.8) is 0 Å². The van der Waals surface area contributed by atoms with Gasteiger partial charge in [0.05, 0.1) is 44.1 Å². The number of aromatic nitrogens is 3. The van der Waals surface area contributed by atoms with Crippen LogP contribution in [-0.4, -0.2) is 46.2 Å². The summed E-state index contributed by atoms with van der Waals surface area (Å²) in [6.07, 6.45) is 6.99. The average Bonchev–Trinajstić information content (AvgIpc) is 2.88. The van der Waals surface area contributed by atoms with Crippen molar-refractivity contribution in [1.29, 1.82) is 0 Å². The van der Waals surface area contributed by atoms with E-state index in [1.807, 2.05) is 23.7 Å². The molecule has 1 aliphatic heterocycles. The number of hydrogen-bond acceptors (Lipinski definition) is 5. The highest BCUT2D eigenvalue weighted by atomic mass is 32.2. The minimum Gasteiger partial charge on any atom is -0.375 e. The number of pyridine rings is 1. The minimum absolute atomic E-state index is 0.213. The Morgan fingerprint density at radius 2 is 2.09 bits per heavy atom. The van der Waals surface area contributed by atoms with Crippen LogP contribution in [0.5, 0.6) is 0 Å². The van der Waals surface area contributed by atoms with Crippen LogP contribution in [0.15, 0.2) is 30.9 Å². The zero-order valence-electron chi connectivity index (χ0n) is 13.2. The maximum atomic E-state index is 12.1. The Bertz CT molecular complexity index is 773. The van der Waals surface area contributed by atoms with Crippen LogP contribution in [0.1, 0.15) is 17.0 Å². The van der Waals surface area contributed by atoms with Crippen molar-refractivity contribution >= 4 is 10.0 Å². The quantitative estimate of drug-likeness (QED) is 0.804. The van der Waals surface area contributed by atoms with Crippen molar-refractivity contribution in [3.8, 4) is 0 Å². The molecule has 23 heavy (non-hydrogen) atoms. The summed E-state index contributed by atoms with van der Waals surface area (Å²) in [5.74, 6) is 0. The fourth-order valence-corrected chi connectivity index (χ4v) is 3.86. The standard InChI is InChI=1S/C15H20N4O3S/c1-18-11-17-14-8-19(23(2,20)21)13(7-15(14)18)10-22-9-12-3-5-16-6-4-12/h3-6,11,13H,7-10H2,1-2H3/t13-/m1/s1. The van der Waals surface area contributed by atoms with E-state index in [-0.39, 0.29) is 6.04 Å². The highest BCUT2D eigenvalue weighted by Gasteiger charge is 2.34. The van der Waals surface area contributed by atoms with Gasteiger partial charge in [-0.25, -0.2) is 13.4 Å². The predicted molar refractivity (Wildman–Crippen MR) is 85.0 cm³/mol. The fraction of sp³-hybridized carbons (Fsp3) is 0.467. The van der Waals surface area contributed by atoms with E-state index in [4.69, 9.17) is 4.74 Å². The molecule has 2 aromatic rings. The molecule has 8 heteroatoms. The van der Waals surface area contributed by atoms with E-state index < -0.39 is 10.0 Å². The number of aryl methyl sites for hydroxylation is 1. The molecule has 124 valence electrons. The van der Waals surface area contributed by atoms with E-state index in [1.54, 1.807) is 18.7 Å². The second-order valence-corrected chi connectivity index (χ2v) is 7.72. The van der Waals surface area contributed by atoms with Crippen molar-refractivity contribution in [2.75, 3.05) is 12.9 Å². The van der Waals surface area contributed by atoms with E-state index in [0.717, 1.165) is 17.0 Å². The maximum absolute atomic E-state index is 12.1. The lowest BCUT2D eigenvalue weighted by Crippen LogP contribution is -2.46. The lowest BCUT2D eigenvalue weighted by Gasteiger charge is -2.33. The van der Waals surface area contributed by atoms with Crippen molar-refractivity contribution in [1.82, 2.24) is 18.8 Å². The molecular weight excluding hydrogens is 316 g/mol. The van der Waals surface area contributed by atoms with E-state index in [0.29, 0.717) is 26.2 Å². The number of sulfonamides is 1. The molecule has 3 heterocycles. The van der Waals surface area contributed by atoms with Crippen LogP contribution in [0.4, 0.5) is 0 Å². The molecule has 0 saturated heterocycles. The smallest absolute Gasteiger partial charge is 0.211 e. The summed E-state index contributed by atoms with van der Waals surface area (Å²) < 4.78 is 33.3. The largest absolute Gasteiger partial charge is 0.375 e. The van der Waals surface area contributed by atoms with Crippen molar-refractivity contribution < 1.29 is 13.2 Å². The van der Waals surface area contributed by atoms with E-state index in [1.165, 1.54) is 10.6 Å². The molecule has 0 N–H and O–H groups in total. The Balaban J connectivity index is 1.72. The van der Waals surface area contributed by atoms with Gasteiger partial charge in [-0.1, -0.05) is 0 Å². The van der Waals surface area contributed by atoms with Gasteiger partial charge in [0.15, 0.2) is 0 Å². The highest BCUT2D eigenvalue weighted by molar-refractivity contribution is 7.88. The zero-order chi connectivity index (χ0) is 16.4. The summed E-state index contributed by atoms with van der Waals surface area (Å²) in [7, 11) is -1.38. The minimum atomic E-state index is -3.31. The highest BCUT2D eigenvalue weighted by Crippen LogP contribution is 2.24. The van der Waals surface area contributed by atoms with Crippen molar-refractivity contribution in [2.24, 2.45) is 7.05 Å². The topological polar surface area (TPSA) is 77.3 Å². The third-order valence-corrected chi connectivity index (χ3v) is 5.32. The fourth-order valence-electron chi connectivity index (χ4n) is 2.82. The second kappa shape index (κ2) is 6.38. The van der Waals surface area contributed by atoms with Gasteiger partial charge in [-0.2, -0.15) is 4.31 Å². The van der Waals surface area contributed by atoms with Crippen LogP contribution in [-0.2, 0) is 41.4 Å². The van der Waals surface area contributed by atoms with Crippen LogP contribution >= 0.6 is 0 Å². The molecule has 0 bridgehead atoms. The molecule has 0 aliphatic carbocycles. The summed E-state index contributed by atoms with van der Waals surface area (Å²) in [6, 6.07) is 3.55. The molecule has 1 atom stereocenters. The number of fused-ring (bicyclic) bond motifs is 1. The summed E-state index contributed by atoms with van der Waals surface area (Å²) in [6.45, 7) is 1.09. The Morgan fingerprint density at radius 3 is 2.78 bits per heavy atom. The monoisotopic (exact) mass is 336 g/mol. The summed E-state index contributed by atoms with van der Waals surface area (Å²) >= 11 is 0. The maximum Gasteiger partial charge on any atom is 0.211 e. The van der Waals surface area contributed by atoms with Gasteiger partial charge in [-0.05, 0) is 17.7 Å². The van der Waals surface area contributed by atoms with Crippen LogP contribution in [0, 0.1) is 0 Å². The van der Waals surface area contributed by atoms with Gasteiger partial charge in [-0.3, -0.25) is 4.98 Å². The van der Waals surface area contributed by atoms with Crippen molar-refractivity contribution in [2.45, 2.75) is 25.6 Å². The normalized spacial score (nSPS) is 18.8. The summed E-state index contributed by atoms with van der Waals surface area (Å²) in [5.41, 5.74) is 2.91. The second-order valence-electron chi connectivity index (χ2n) is 5.79. The first-order valence-corrected chi connectivity index (χ1v) is 9.22. The summed E-state index contributed by atoms with van der Waals surface area (Å²) in [4.78, 5) is 8.26. The summed E-state index contributed by atoms with van der Waals surface area (Å²) in [5, 5.41) is 0. The molecule has 0 amide bonds. The van der Waals surface area contributed by atoms with Crippen molar-refractivity contribution in [3.05, 3.63) is 47.8 Å². The first-order chi connectivity index (χ1) is 10.9. The molecule has 3 rings (SSSR count). The third-order valence-electron chi connectivity index (χ3n) is 4.04. The number of imidazole rings is 1. The lowest BCUT2D eigenvalue weighted by molar-refractivity contribution is 0.0711. The van der Waals surface area contributed by atoms with E-state index >= 15 is 0 Å². The lowest BCUT2D eigenvalue weighted by atomic mass is 10.1. The molecule has 0 saturated carbocycles. The number of nitrogens with zero attached hydrogens (tertiary/aromatic N) is 4. The van der Waals surface area contributed by atoms with E-state index in [2.05, 4.69) is 9.97 Å². The zero-order valence-corrected chi connectivity index (χ0v) is 14.0. The molecule has 0 radical (unpaired) electrons. The molecule has 1 aliphatic rings. The van der Waals surface area contributed by atoms with Gasteiger partial charge in [-0.15, -0.1) is 0 Å². The molecule has 0 spiro atoms. The molecule has 0 aromatic carbocycles. The van der Waals surface area contributed by atoms with Crippen LogP contribution in [0.25, 0.3) is 0 Å². The Labute approximate surface area is 136 Å². The van der Waals surface area contributed by atoms with Gasteiger partial charge >= 0.3 is 0 Å². The van der Waals surface area contributed by atoms with Gasteiger partial charge in [0.2, 0.25) is 10.0 Å². The third kappa shape index (κ3) is 3.60. The van der Waals surface area contributed by atoms with Gasteiger partial charge < -0.3 is 9.30 Å². The first-order valence-electron chi connectivity index (χ1n) is 7.37. The Kier molecular flexibility index (Phi) is 4.47. The first kappa shape index (κ1) is 16.1. The molecule has 7 nitrogen and oxygen atoms in total. The predicted octanol–water partition coefficient (Wildman–Crippen LogP) is 0.718. The van der Waals surface area contributed by atoms with Gasteiger partial charge in [0.1, 0.15) is 0 Å². The molecule has 0 fully saturated rings. The Morgan fingerprint density at radius 1 is 1.35 bits per heavy atom.